The third-order valence-electron chi connectivity index (χ3n) is 3.04. The molecule has 0 fully saturated rings. The Morgan fingerprint density at radius 2 is 2.10 bits per heavy atom. The van der Waals surface area contributed by atoms with Gasteiger partial charge in [0.25, 0.3) is 5.56 Å². The van der Waals surface area contributed by atoms with Crippen molar-refractivity contribution in [2.24, 2.45) is 0 Å². The number of pyridine rings is 1. The summed E-state index contributed by atoms with van der Waals surface area (Å²) in [6.45, 7) is 2.12. The van der Waals surface area contributed by atoms with Gasteiger partial charge in [-0.2, -0.15) is 0 Å². The van der Waals surface area contributed by atoms with Crippen LogP contribution in [0.1, 0.15) is 23.2 Å². The van der Waals surface area contributed by atoms with Crippen molar-refractivity contribution in [2.45, 2.75) is 19.9 Å². The second-order valence-corrected chi connectivity index (χ2v) is 4.72. The van der Waals surface area contributed by atoms with Gasteiger partial charge < -0.3 is 9.67 Å². The van der Waals surface area contributed by atoms with Crippen LogP contribution in [0.25, 0.3) is 0 Å². The lowest BCUT2D eigenvalue weighted by Crippen LogP contribution is -2.21. The summed E-state index contributed by atoms with van der Waals surface area (Å²) in [5.74, 6) is 5.18. The molecule has 4 heteroatoms. The third kappa shape index (κ3) is 4.04. The van der Waals surface area contributed by atoms with Gasteiger partial charge >= 0.3 is 0 Å². The lowest BCUT2D eigenvalue weighted by atomic mass is 10.1. The minimum Gasteiger partial charge on any atom is -0.395 e. The molecular formula is C17H16FNO2. The van der Waals surface area contributed by atoms with Gasteiger partial charge in [-0.1, -0.05) is 17.9 Å². The predicted octanol–water partition coefficient (Wildman–Crippen LogP) is 2.08. The SMILES string of the molecule is Cc1cccc(=O)n1Cc1cc(F)cc(C#CCCO)c1. The van der Waals surface area contributed by atoms with Crippen LogP contribution in [0.2, 0.25) is 0 Å². The second kappa shape index (κ2) is 6.87. The molecule has 21 heavy (non-hydrogen) atoms. The van der Waals surface area contributed by atoms with Crippen molar-refractivity contribution in [3.8, 4) is 11.8 Å². The molecule has 1 heterocycles. The molecule has 0 atom stereocenters. The highest BCUT2D eigenvalue weighted by Gasteiger charge is 2.04. The van der Waals surface area contributed by atoms with E-state index in [1.54, 1.807) is 16.7 Å². The number of nitrogens with zero attached hydrogens (tertiary/aromatic N) is 1. The highest BCUT2D eigenvalue weighted by atomic mass is 19.1. The molecule has 1 aromatic carbocycles. The molecule has 3 nitrogen and oxygen atoms in total. The van der Waals surface area contributed by atoms with E-state index in [2.05, 4.69) is 11.8 Å². The zero-order chi connectivity index (χ0) is 15.2. The fourth-order valence-electron chi connectivity index (χ4n) is 2.04. The number of aliphatic hydroxyl groups is 1. The monoisotopic (exact) mass is 285 g/mol. The van der Waals surface area contributed by atoms with E-state index < -0.39 is 0 Å². The molecule has 0 unspecified atom stereocenters. The lowest BCUT2D eigenvalue weighted by molar-refractivity contribution is 0.305. The van der Waals surface area contributed by atoms with Crippen LogP contribution in [0.4, 0.5) is 4.39 Å². The fourth-order valence-corrected chi connectivity index (χ4v) is 2.04. The summed E-state index contributed by atoms with van der Waals surface area (Å²) in [7, 11) is 0. The van der Waals surface area contributed by atoms with Crippen LogP contribution < -0.4 is 5.56 Å². The summed E-state index contributed by atoms with van der Waals surface area (Å²) >= 11 is 0. The van der Waals surface area contributed by atoms with E-state index in [1.807, 2.05) is 13.0 Å². The van der Waals surface area contributed by atoms with Crippen LogP contribution >= 0.6 is 0 Å². The van der Waals surface area contributed by atoms with E-state index in [1.165, 1.54) is 18.2 Å². The van der Waals surface area contributed by atoms with Crippen molar-refractivity contribution >= 4 is 0 Å². The summed E-state index contributed by atoms with van der Waals surface area (Å²) in [4.78, 5) is 11.8. The summed E-state index contributed by atoms with van der Waals surface area (Å²) in [6.07, 6.45) is 0.350. The molecule has 108 valence electrons. The third-order valence-corrected chi connectivity index (χ3v) is 3.04. The Bertz CT molecular complexity index is 753. The number of aromatic nitrogens is 1. The smallest absolute Gasteiger partial charge is 0.251 e. The van der Waals surface area contributed by atoms with Crippen LogP contribution in [-0.2, 0) is 6.54 Å². The van der Waals surface area contributed by atoms with E-state index in [0.717, 1.165) is 5.69 Å². The highest BCUT2D eigenvalue weighted by Crippen LogP contribution is 2.10. The molecule has 0 saturated heterocycles. The molecule has 0 aliphatic heterocycles. The Morgan fingerprint density at radius 3 is 2.81 bits per heavy atom. The maximum Gasteiger partial charge on any atom is 0.251 e. The minimum atomic E-state index is -0.387. The maximum absolute atomic E-state index is 13.6. The Balaban J connectivity index is 2.33. The zero-order valence-corrected chi connectivity index (χ0v) is 11.8. The zero-order valence-electron chi connectivity index (χ0n) is 11.8. The van der Waals surface area contributed by atoms with Crippen LogP contribution in [0, 0.1) is 24.6 Å². The predicted molar refractivity (Wildman–Crippen MR) is 79.5 cm³/mol. The van der Waals surface area contributed by atoms with Crippen LogP contribution in [0.15, 0.2) is 41.2 Å². The molecule has 0 aliphatic carbocycles. The number of aryl methyl sites for hydroxylation is 1. The summed E-state index contributed by atoms with van der Waals surface area (Å²) in [5, 5.41) is 8.69. The van der Waals surface area contributed by atoms with Gasteiger partial charge in [0.15, 0.2) is 0 Å². The molecule has 0 radical (unpaired) electrons. The molecule has 0 spiro atoms. The van der Waals surface area contributed by atoms with Crippen molar-refractivity contribution in [3.05, 3.63) is 69.4 Å². The minimum absolute atomic E-state index is 0.0201. The Morgan fingerprint density at radius 1 is 1.29 bits per heavy atom. The van der Waals surface area contributed by atoms with Gasteiger partial charge in [-0.25, -0.2) is 4.39 Å². The first-order valence-electron chi connectivity index (χ1n) is 6.66. The van der Waals surface area contributed by atoms with E-state index in [0.29, 0.717) is 24.1 Å². The average Bonchev–Trinajstić information content (AvgIpc) is 2.43. The number of hydrogen-bond acceptors (Lipinski definition) is 2. The first kappa shape index (κ1) is 15.0. The van der Waals surface area contributed by atoms with Gasteiger partial charge in [-0.3, -0.25) is 4.79 Å². The molecule has 0 amide bonds. The summed E-state index contributed by atoms with van der Waals surface area (Å²) < 4.78 is 15.2. The number of aliphatic hydroxyl groups excluding tert-OH is 1. The topological polar surface area (TPSA) is 42.2 Å². The van der Waals surface area contributed by atoms with E-state index in [-0.39, 0.29) is 18.0 Å². The largest absolute Gasteiger partial charge is 0.395 e. The Kier molecular flexibility index (Phi) is 4.91. The number of halogens is 1. The molecular weight excluding hydrogens is 269 g/mol. The van der Waals surface area contributed by atoms with Gasteiger partial charge in [0.2, 0.25) is 0 Å². The number of hydrogen-bond donors (Lipinski definition) is 1. The van der Waals surface area contributed by atoms with E-state index >= 15 is 0 Å². The van der Waals surface area contributed by atoms with Crippen LogP contribution in [0.5, 0.6) is 0 Å². The number of benzene rings is 1. The first-order chi connectivity index (χ1) is 10.1. The van der Waals surface area contributed by atoms with Crippen molar-refractivity contribution in [1.82, 2.24) is 4.57 Å². The lowest BCUT2D eigenvalue weighted by Gasteiger charge is -2.10. The van der Waals surface area contributed by atoms with Crippen molar-refractivity contribution in [1.29, 1.82) is 0 Å². The Hall–Kier alpha value is -2.38. The Labute approximate surface area is 122 Å². The van der Waals surface area contributed by atoms with Crippen LogP contribution in [-0.4, -0.2) is 16.3 Å². The second-order valence-electron chi connectivity index (χ2n) is 4.72. The quantitative estimate of drug-likeness (QED) is 0.877. The summed E-state index contributed by atoms with van der Waals surface area (Å²) in [5.41, 5.74) is 1.92. The molecule has 1 N–H and O–H groups in total. The molecule has 1 aromatic heterocycles. The summed E-state index contributed by atoms with van der Waals surface area (Å²) in [6, 6.07) is 9.51. The van der Waals surface area contributed by atoms with E-state index in [4.69, 9.17) is 5.11 Å². The van der Waals surface area contributed by atoms with Crippen molar-refractivity contribution < 1.29 is 9.50 Å². The molecule has 2 rings (SSSR count). The number of rotatable bonds is 3. The van der Waals surface area contributed by atoms with Crippen LogP contribution in [0.3, 0.4) is 0 Å². The van der Waals surface area contributed by atoms with Gasteiger partial charge in [0.05, 0.1) is 13.2 Å². The molecule has 0 aliphatic rings. The first-order valence-corrected chi connectivity index (χ1v) is 6.66. The van der Waals surface area contributed by atoms with E-state index in [9.17, 15) is 9.18 Å². The highest BCUT2D eigenvalue weighted by molar-refractivity contribution is 5.38. The fraction of sp³-hybridized carbons (Fsp3) is 0.235. The standard InChI is InChI=1S/C17H16FNO2/c1-13-5-4-7-17(21)19(13)12-15-9-14(6-2-3-8-20)10-16(18)11-15/h4-5,7,9-11,20H,3,8,12H2,1H3. The van der Waals surface area contributed by atoms with Crippen molar-refractivity contribution in [3.63, 3.8) is 0 Å². The molecule has 0 saturated carbocycles. The maximum atomic E-state index is 13.6. The van der Waals surface area contributed by atoms with Gasteiger partial charge in [-0.05, 0) is 36.8 Å². The molecule has 2 aromatic rings. The van der Waals surface area contributed by atoms with Crippen molar-refractivity contribution in [2.75, 3.05) is 6.61 Å². The van der Waals surface area contributed by atoms with Gasteiger partial charge in [-0.15, -0.1) is 0 Å². The molecule has 0 bridgehead atoms. The van der Waals surface area contributed by atoms with Gasteiger partial charge in [0.1, 0.15) is 5.82 Å². The normalized spacial score (nSPS) is 10.0. The average molecular weight is 285 g/mol. The van der Waals surface area contributed by atoms with Gasteiger partial charge in [0, 0.05) is 23.7 Å².